The molecule has 0 spiro atoms. The zero-order valence-corrected chi connectivity index (χ0v) is 12.4. The van der Waals surface area contributed by atoms with Crippen molar-refractivity contribution in [1.29, 1.82) is 0 Å². The SMILES string of the molecule is CC(CS(C)(=O)=O)Nc1cccc(N2CCNC2=O)c1. The van der Waals surface area contributed by atoms with Gasteiger partial charge in [-0.2, -0.15) is 0 Å². The topological polar surface area (TPSA) is 78.5 Å². The second-order valence-corrected chi connectivity index (χ2v) is 7.26. The molecule has 20 heavy (non-hydrogen) atoms. The van der Waals surface area contributed by atoms with Crippen molar-refractivity contribution < 1.29 is 13.2 Å². The standard InChI is InChI=1S/C13H19N3O3S/c1-10(9-20(2,18)19)15-11-4-3-5-12(8-11)16-7-6-14-13(16)17/h3-5,8,10,15H,6-7,9H2,1-2H3,(H,14,17). The summed E-state index contributed by atoms with van der Waals surface area (Å²) in [5.74, 6) is 0.0709. The van der Waals surface area contributed by atoms with Crippen LogP contribution in [0.25, 0.3) is 0 Å². The van der Waals surface area contributed by atoms with Crippen LogP contribution in [-0.2, 0) is 9.84 Å². The molecule has 1 saturated heterocycles. The van der Waals surface area contributed by atoms with E-state index in [1.165, 1.54) is 6.26 Å². The Kier molecular flexibility index (Phi) is 4.17. The summed E-state index contributed by atoms with van der Waals surface area (Å²) in [5.41, 5.74) is 1.61. The Morgan fingerprint density at radius 3 is 2.80 bits per heavy atom. The van der Waals surface area contributed by atoms with Gasteiger partial charge in [-0.05, 0) is 25.1 Å². The van der Waals surface area contributed by atoms with Crippen molar-refractivity contribution >= 4 is 27.2 Å². The summed E-state index contributed by atoms with van der Waals surface area (Å²) in [6.07, 6.45) is 1.22. The molecule has 110 valence electrons. The molecule has 1 heterocycles. The van der Waals surface area contributed by atoms with Crippen molar-refractivity contribution in [3.63, 3.8) is 0 Å². The van der Waals surface area contributed by atoms with Gasteiger partial charge in [0.25, 0.3) is 0 Å². The summed E-state index contributed by atoms with van der Waals surface area (Å²) in [6, 6.07) is 7.12. The summed E-state index contributed by atoms with van der Waals surface area (Å²) < 4.78 is 22.5. The molecule has 1 aromatic carbocycles. The van der Waals surface area contributed by atoms with Crippen LogP contribution in [0, 0.1) is 0 Å². The Morgan fingerprint density at radius 2 is 2.20 bits per heavy atom. The van der Waals surface area contributed by atoms with Crippen LogP contribution in [0.3, 0.4) is 0 Å². The summed E-state index contributed by atoms with van der Waals surface area (Å²) in [5, 5.41) is 5.89. The highest BCUT2D eigenvalue weighted by molar-refractivity contribution is 7.90. The first-order valence-corrected chi connectivity index (χ1v) is 8.51. The fraction of sp³-hybridized carbons (Fsp3) is 0.462. The molecular weight excluding hydrogens is 278 g/mol. The predicted molar refractivity (Wildman–Crippen MR) is 80.0 cm³/mol. The van der Waals surface area contributed by atoms with Crippen molar-refractivity contribution in [3.05, 3.63) is 24.3 Å². The minimum absolute atomic E-state index is 0.0709. The Bertz CT molecular complexity index is 601. The van der Waals surface area contributed by atoms with E-state index in [0.29, 0.717) is 13.1 Å². The lowest BCUT2D eigenvalue weighted by Crippen LogP contribution is -2.28. The maximum Gasteiger partial charge on any atom is 0.321 e. The molecular formula is C13H19N3O3S. The molecule has 1 atom stereocenters. The first kappa shape index (κ1) is 14.6. The molecule has 0 radical (unpaired) electrons. The molecule has 0 aliphatic carbocycles. The van der Waals surface area contributed by atoms with Crippen LogP contribution in [-0.4, -0.2) is 45.6 Å². The fourth-order valence-electron chi connectivity index (χ4n) is 2.26. The number of hydrogen-bond acceptors (Lipinski definition) is 4. The minimum atomic E-state index is -3.02. The van der Waals surface area contributed by atoms with E-state index < -0.39 is 9.84 Å². The van der Waals surface area contributed by atoms with E-state index in [2.05, 4.69) is 10.6 Å². The zero-order chi connectivity index (χ0) is 14.8. The van der Waals surface area contributed by atoms with E-state index >= 15 is 0 Å². The number of nitrogens with one attached hydrogen (secondary N) is 2. The maximum atomic E-state index is 11.6. The zero-order valence-electron chi connectivity index (χ0n) is 11.6. The number of carbonyl (C=O) groups is 1. The third-order valence-electron chi connectivity index (χ3n) is 2.98. The average molecular weight is 297 g/mol. The van der Waals surface area contributed by atoms with Gasteiger partial charge >= 0.3 is 6.03 Å². The van der Waals surface area contributed by atoms with Crippen molar-refractivity contribution in [2.45, 2.75) is 13.0 Å². The van der Waals surface area contributed by atoms with Crippen LogP contribution < -0.4 is 15.5 Å². The molecule has 0 saturated carbocycles. The lowest BCUT2D eigenvalue weighted by Gasteiger charge is -2.18. The smallest absolute Gasteiger partial charge is 0.321 e. The van der Waals surface area contributed by atoms with E-state index in [0.717, 1.165) is 11.4 Å². The molecule has 0 aromatic heterocycles. The number of anilines is 2. The Morgan fingerprint density at radius 1 is 1.45 bits per heavy atom. The highest BCUT2D eigenvalue weighted by atomic mass is 32.2. The van der Waals surface area contributed by atoms with Crippen LogP contribution in [0.2, 0.25) is 0 Å². The first-order valence-electron chi connectivity index (χ1n) is 6.45. The van der Waals surface area contributed by atoms with Crippen LogP contribution in [0.4, 0.5) is 16.2 Å². The molecule has 1 aliphatic heterocycles. The third-order valence-corrected chi connectivity index (χ3v) is 4.09. The average Bonchev–Trinajstić information content (AvgIpc) is 2.73. The molecule has 2 amide bonds. The third kappa shape index (κ3) is 3.86. The Hall–Kier alpha value is -1.76. The highest BCUT2D eigenvalue weighted by Gasteiger charge is 2.21. The van der Waals surface area contributed by atoms with Gasteiger partial charge in [0.15, 0.2) is 0 Å². The number of sulfone groups is 1. The quantitative estimate of drug-likeness (QED) is 0.852. The van der Waals surface area contributed by atoms with Crippen LogP contribution in [0.15, 0.2) is 24.3 Å². The van der Waals surface area contributed by atoms with Crippen molar-refractivity contribution in [2.24, 2.45) is 0 Å². The second-order valence-electron chi connectivity index (χ2n) is 5.07. The molecule has 2 rings (SSSR count). The van der Waals surface area contributed by atoms with E-state index in [9.17, 15) is 13.2 Å². The lowest BCUT2D eigenvalue weighted by atomic mass is 10.2. The molecule has 0 bridgehead atoms. The van der Waals surface area contributed by atoms with Gasteiger partial charge in [-0.1, -0.05) is 6.07 Å². The van der Waals surface area contributed by atoms with Gasteiger partial charge in [0.1, 0.15) is 9.84 Å². The first-order chi connectivity index (χ1) is 9.35. The Labute approximate surface area is 119 Å². The number of nitrogens with zero attached hydrogens (tertiary/aromatic N) is 1. The van der Waals surface area contributed by atoms with Gasteiger partial charge in [-0.25, -0.2) is 13.2 Å². The molecule has 1 aromatic rings. The maximum absolute atomic E-state index is 11.6. The molecule has 1 unspecified atom stereocenters. The molecule has 6 nitrogen and oxygen atoms in total. The van der Waals surface area contributed by atoms with E-state index in [1.54, 1.807) is 4.90 Å². The molecule has 7 heteroatoms. The molecule has 1 aliphatic rings. The van der Waals surface area contributed by atoms with Crippen LogP contribution in [0.1, 0.15) is 6.92 Å². The largest absolute Gasteiger partial charge is 0.382 e. The van der Waals surface area contributed by atoms with Gasteiger partial charge < -0.3 is 10.6 Å². The van der Waals surface area contributed by atoms with Crippen LogP contribution >= 0.6 is 0 Å². The summed E-state index contributed by atoms with van der Waals surface area (Å²) in [4.78, 5) is 13.3. The van der Waals surface area contributed by atoms with Crippen LogP contribution in [0.5, 0.6) is 0 Å². The minimum Gasteiger partial charge on any atom is -0.382 e. The summed E-state index contributed by atoms with van der Waals surface area (Å²) in [6.45, 7) is 3.10. The second kappa shape index (κ2) is 5.70. The number of carbonyl (C=O) groups excluding carboxylic acids is 1. The predicted octanol–water partition coefficient (Wildman–Crippen LogP) is 1.06. The van der Waals surface area contributed by atoms with E-state index in [-0.39, 0.29) is 17.8 Å². The monoisotopic (exact) mass is 297 g/mol. The summed E-state index contributed by atoms with van der Waals surface area (Å²) >= 11 is 0. The van der Waals surface area contributed by atoms with Gasteiger partial charge in [0.05, 0.1) is 5.75 Å². The van der Waals surface area contributed by atoms with Crippen molar-refractivity contribution in [2.75, 3.05) is 35.3 Å². The van der Waals surface area contributed by atoms with E-state index in [4.69, 9.17) is 0 Å². The summed E-state index contributed by atoms with van der Waals surface area (Å²) in [7, 11) is -3.02. The van der Waals surface area contributed by atoms with Gasteiger partial charge in [-0.3, -0.25) is 4.90 Å². The molecule has 1 fully saturated rings. The molecule has 2 N–H and O–H groups in total. The van der Waals surface area contributed by atoms with Crippen molar-refractivity contribution in [1.82, 2.24) is 5.32 Å². The normalized spacial score (nSPS) is 16.9. The number of amides is 2. The van der Waals surface area contributed by atoms with E-state index in [1.807, 2.05) is 31.2 Å². The number of urea groups is 1. The number of rotatable bonds is 5. The number of benzene rings is 1. The fourth-order valence-corrected chi connectivity index (χ4v) is 3.25. The van der Waals surface area contributed by atoms with Gasteiger partial charge in [0, 0.05) is 36.8 Å². The lowest BCUT2D eigenvalue weighted by molar-refractivity contribution is 0.252. The Balaban J connectivity index is 2.08. The van der Waals surface area contributed by atoms with Gasteiger partial charge in [-0.15, -0.1) is 0 Å². The van der Waals surface area contributed by atoms with Crippen molar-refractivity contribution in [3.8, 4) is 0 Å². The highest BCUT2D eigenvalue weighted by Crippen LogP contribution is 2.21. The van der Waals surface area contributed by atoms with Gasteiger partial charge in [0.2, 0.25) is 0 Å². The number of hydrogen-bond donors (Lipinski definition) is 2.